The zero-order valence-corrected chi connectivity index (χ0v) is 21.4. The summed E-state index contributed by atoms with van der Waals surface area (Å²) in [5, 5.41) is 0.831. The van der Waals surface area contributed by atoms with Crippen LogP contribution in [0.4, 0.5) is 4.39 Å². The van der Waals surface area contributed by atoms with Crippen molar-refractivity contribution in [2.45, 2.75) is 18.6 Å². The summed E-state index contributed by atoms with van der Waals surface area (Å²) in [5.41, 5.74) is 5.64. The Balaban J connectivity index is 1.73. The molecule has 5 rings (SSSR count). The summed E-state index contributed by atoms with van der Waals surface area (Å²) in [6.07, 6.45) is 2.95. The predicted octanol–water partition coefficient (Wildman–Crippen LogP) is 6.34. The third-order valence-corrected chi connectivity index (χ3v) is 8.95. The standard InChI is InChI=1S/C30H25FN2O3S/c1-30(2,37(3,35)36)23-17-22-8-5-15-32-28(22)26(18-23)20-6-4-7-21(16-20)29-25(13-14-27(34)33-29)19-9-11-24(31)12-10-19/h4-18H,1-3H3,(H,33,34). The van der Waals surface area contributed by atoms with Crippen LogP contribution in [0.5, 0.6) is 0 Å². The van der Waals surface area contributed by atoms with Gasteiger partial charge in [-0.1, -0.05) is 36.4 Å². The Morgan fingerprint density at radius 1 is 0.811 bits per heavy atom. The lowest BCUT2D eigenvalue weighted by molar-refractivity contribution is 0.561. The van der Waals surface area contributed by atoms with Gasteiger partial charge in [0, 0.05) is 35.0 Å². The number of aromatic nitrogens is 2. The van der Waals surface area contributed by atoms with Crippen LogP contribution in [-0.2, 0) is 14.6 Å². The second-order valence-corrected chi connectivity index (χ2v) is 12.1. The monoisotopic (exact) mass is 512 g/mol. The summed E-state index contributed by atoms with van der Waals surface area (Å²) in [6.45, 7) is 3.40. The number of rotatable bonds is 5. The molecule has 7 heteroatoms. The predicted molar refractivity (Wildman–Crippen MR) is 146 cm³/mol. The zero-order valence-electron chi connectivity index (χ0n) is 20.6. The number of nitrogens with one attached hydrogen (secondary N) is 1. The molecule has 0 aliphatic rings. The molecule has 0 saturated carbocycles. The van der Waals surface area contributed by atoms with Gasteiger partial charge in [-0.2, -0.15) is 0 Å². The minimum absolute atomic E-state index is 0.254. The lowest BCUT2D eigenvalue weighted by Gasteiger charge is -2.24. The maximum Gasteiger partial charge on any atom is 0.248 e. The van der Waals surface area contributed by atoms with Crippen LogP contribution in [0, 0.1) is 5.82 Å². The molecule has 0 saturated heterocycles. The summed E-state index contributed by atoms with van der Waals surface area (Å²) in [5.74, 6) is -0.340. The van der Waals surface area contributed by atoms with Gasteiger partial charge in [0.15, 0.2) is 9.84 Å². The number of hydrogen-bond donors (Lipinski definition) is 1. The van der Waals surface area contributed by atoms with Crippen LogP contribution in [-0.4, -0.2) is 24.6 Å². The van der Waals surface area contributed by atoms with Gasteiger partial charge in [-0.3, -0.25) is 9.78 Å². The molecule has 3 aromatic carbocycles. The molecule has 0 atom stereocenters. The molecule has 0 radical (unpaired) electrons. The first-order chi connectivity index (χ1) is 17.5. The van der Waals surface area contributed by atoms with E-state index in [0.717, 1.165) is 38.7 Å². The van der Waals surface area contributed by atoms with Crippen molar-refractivity contribution >= 4 is 20.7 Å². The number of H-pyrrole nitrogens is 1. The van der Waals surface area contributed by atoms with E-state index in [9.17, 15) is 17.6 Å². The van der Waals surface area contributed by atoms with Crippen LogP contribution in [0.2, 0.25) is 0 Å². The van der Waals surface area contributed by atoms with Gasteiger partial charge in [0.2, 0.25) is 5.56 Å². The van der Waals surface area contributed by atoms with Crippen molar-refractivity contribution < 1.29 is 12.8 Å². The molecule has 1 N–H and O–H groups in total. The normalized spacial score (nSPS) is 12.1. The average molecular weight is 513 g/mol. The van der Waals surface area contributed by atoms with Crippen molar-refractivity contribution in [1.82, 2.24) is 9.97 Å². The SMILES string of the molecule is CC(C)(c1cc(-c2cccc(-c3[nH]c(=O)ccc3-c3ccc(F)cc3)c2)c2ncccc2c1)S(C)(=O)=O. The Labute approximate surface area is 214 Å². The van der Waals surface area contributed by atoms with Crippen molar-refractivity contribution in [1.29, 1.82) is 0 Å². The molecule has 0 unspecified atom stereocenters. The van der Waals surface area contributed by atoms with Crippen LogP contribution in [0.25, 0.3) is 44.4 Å². The fourth-order valence-electron chi connectivity index (χ4n) is 4.39. The number of pyridine rings is 2. The van der Waals surface area contributed by atoms with Crippen molar-refractivity contribution in [3.8, 4) is 33.5 Å². The highest BCUT2D eigenvalue weighted by Crippen LogP contribution is 2.38. The minimum atomic E-state index is -3.41. The van der Waals surface area contributed by atoms with E-state index in [0.29, 0.717) is 11.3 Å². The molecule has 0 aliphatic heterocycles. The van der Waals surface area contributed by atoms with E-state index in [2.05, 4.69) is 9.97 Å². The largest absolute Gasteiger partial charge is 0.321 e. The molecule has 186 valence electrons. The van der Waals surface area contributed by atoms with Gasteiger partial charge < -0.3 is 4.98 Å². The van der Waals surface area contributed by atoms with Gasteiger partial charge in [-0.05, 0) is 78.6 Å². The third-order valence-electron chi connectivity index (χ3n) is 6.86. The summed E-state index contributed by atoms with van der Waals surface area (Å²) in [6, 6.07) is 24.4. The maximum absolute atomic E-state index is 13.5. The lowest BCUT2D eigenvalue weighted by Crippen LogP contribution is -2.28. The third kappa shape index (κ3) is 4.58. The number of aromatic amines is 1. The molecule has 2 aromatic heterocycles. The van der Waals surface area contributed by atoms with Crippen LogP contribution in [0.1, 0.15) is 19.4 Å². The summed E-state index contributed by atoms with van der Waals surface area (Å²) < 4.78 is 37.7. The van der Waals surface area contributed by atoms with Crippen LogP contribution >= 0.6 is 0 Å². The van der Waals surface area contributed by atoms with Crippen LogP contribution in [0.3, 0.4) is 0 Å². The quantitative estimate of drug-likeness (QED) is 0.298. The Bertz CT molecular complexity index is 1810. The number of fused-ring (bicyclic) bond motifs is 1. The van der Waals surface area contributed by atoms with Gasteiger partial charge in [0.05, 0.1) is 16.0 Å². The van der Waals surface area contributed by atoms with Gasteiger partial charge in [-0.15, -0.1) is 0 Å². The van der Waals surface area contributed by atoms with Crippen LogP contribution in [0.15, 0.2) is 95.9 Å². The maximum atomic E-state index is 13.5. The molecule has 2 heterocycles. The molecule has 5 aromatic rings. The fourth-order valence-corrected chi connectivity index (χ4v) is 4.93. The molecule has 0 spiro atoms. The number of halogens is 1. The number of hydrogen-bond acceptors (Lipinski definition) is 4. The first-order valence-corrected chi connectivity index (χ1v) is 13.6. The second-order valence-electron chi connectivity index (χ2n) is 9.58. The van der Waals surface area contributed by atoms with Crippen LogP contribution < -0.4 is 5.56 Å². The van der Waals surface area contributed by atoms with E-state index in [-0.39, 0.29) is 11.4 Å². The highest BCUT2D eigenvalue weighted by atomic mass is 32.2. The molecule has 0 amide bonds. The van der Waals surface area contributed by atoms with E-state index in [1.807, 2.05) is 48.5 Å². The molecular formula is C30H25FN2O3S. The Hall–Kier alpha value is -4.10. The molecule has 0 fully saturated rings. The van der Waals surface area contributed by atoms with E-state index in [1.54, 1.807) is 38.2 Å². The Kier molecular flexibility index (Phi) is 6.04. The van der Waals surface area contributed by atoms with E-state index >= 15 is 0 Å². The summed E-state index contributed by atoms with van der Waals surface area (Å²) in [4.78, 5) is 19.8. The van der Waals surface area contributed by atoms with E-state index in [1.165, 1.54) is 24.5 Å². The topological polar surface area (TPSA) is 79.9 Å². The Morgan fingerprint density at radius 3 is 2.27 bits per heavy atom. The molecule has 5 nitrogen and oxygen atoms in total. The molecule has 0 aliphatic carbocycles. The molecule has 0 bridgehead atoms. The van der Waals surface area contributed by atoms with E-state index in [4.69, 9.17) is 0 Å². The summed E-state index contributed by atoms with van der Waals surface area (Å²) in [7, 11) is -3.41. The van der Waals surface area contributed by atoms with E-state index < -0.39 is 14.6 Å². The van der Waals surface area contributed by atoms with Gasteiger partial charge in [0.25, 0.3) is 0 Å². The highest BCUT2D eigenvalue weighted by molar-refractivity contribution is 7.91. The van der Waals surface area contributed by atoms with Crippen molar-refractivity contribution in [2.24, 2.45) is 0 Å². The highest BCUT2D eigenvalue weighted by Gasteiger charge is 2.33. The van der Waals surface area contributed by atoms with Gasteiger partial charge >= 0.3 is 0 Å². The van der Waals surface area contributed by atoms with Crippen molar-refractivity contribution in [3.05, 3.63) is 113 Å². The van der Waals surface area contributed by atoms with Crippen molar-refractivity contribution in [3.63, 3.8) is 0 Å². The minimum Gasteiger partial charge on any atom is -0.321 e. The van der Waals surface area contributed by atoms with Crippen molar-refractivity contribution in [2.75, 3.05) is 6.26 Å². The molecule has 37 heavy (non-hydrogen) atoms. The zero-order chi connectivity index (χ0) is 26.4. The first kappa shape index (κ1) is 24.6. The average Bonchev–Trinajstić information content (AvgIpc) is 2.88. The van der Waals surface area contributed by atoms with Gasteiger partial charge in [-0.25, -0.2) is 12.8 Å². The Morgan fingerprint density at radius 2 is 1.54 bits per heavy atom. The number of sulfone groups is 1. The number of benzene rings is 3. The fraction of sp³-hybridized carbons (Fsp3) is 0.133. The second kappa shape index (κ2) is 9.09. The molecular weight excluding hydrogens is 487 g/mol. The lowest BCUT2D eigenvalue weighted by atomic mass is 9.92. The smallest absolute Gasteiger partial charge is 0.248 e. The summed E-state index contributed by atoms with van der Waals surface area (Å²) >= 11 is 0. The number of nitrogens with zero attached hydrogens (tertiary/aromatic N) is 1. The first-order valence-electron chi connectivity index (χ1n) is 11.7. The van der Waals surface area contributed by atoms with Gasteiger partial charge in [0.1, 0.15) is 5.82 Å².